The number of hydrogen-bond donors (Lipinski definition) is 1. The van der Waals surface area contributed by atoms with Gasteiger partial charge in [-0.3, -0.25) is 4.98 Å². The van der Waals surface area contributed by atoms with Crippen molar-refractivity contribution in [3.63, 3.8) is 0 Å². The van der Waals surface area contributed by atoms with E-state index in [9.17, 15) is 8.42 Å². The van der Waals surface area contributed by atoms with Gasteiger partial charge in [0.1, 0.15) is 0 Å². The SMILES string of the molecule is CS(=O)(=O)c1ccc(C(N)Cc2cccnc2)cc1. The third kappa shape index (κ3) is 3.62. The Morgan fingerprint density at radius 2 is 1.89 bits per heavy atom. The molecule has 2 N–H and O–H groups in total. The number of benzene rings is 1. The summed E-state index contributed by atoms with van der Waals surface area (Å²) in [6.45, 7) is 0. The van der Waals surface area contributed by atoms with Gasteiger partial charge in [-0.15, -0.1) is 0 Å². The molecule has 0 spiro atoms. The molecule has 0 saturated carbocycles. The van der Waals surface area contributed by atoms with Gasteiger partial charge < -0.3 is 5.73 Å². The molecule has 1 aromatic heterocycles. The van der Waals surface area contributed by atoms with Crippen LogP contribution in [0.1, 0.15) is 17.2 Å². The fourth-order valence-electron chi connectivity index (χ4n) is 1.85. The first kappa shape index (κ1) is 13.7. The molecule has 2 rings (SSSR count). The molecule has 1 unspecified atom stereocenters. The fourth-order valence-corrected chi connectivity index (χ4v) is 2.48. The van der Waals surface area contributed by atoms with Crippen molar-refractivity contribution in [3.05, 3.63) is 59.9 Å². The van der Waals surface area contributed by atoms with Gasteiger partial charge in [0, 0.05) is 24.7 Å². The van der Waals surface area contributed by atoms with Crippen molar-refractivity contribution in [2.45, 2.75) is 17.4 Å². The molecule has 19 heavy (non-hydrogen) atoms. The second kappa shape index (κ2) is 5.50. The molecular weight excluding hydrogens is 260 g/mol. The first-order valence-electron chi connectivity index (χ1n) is 5.91. The second-order valence-corrected chi connectivity index (χ2v) is 6.53. The quantitative estimate of drug-likeness (QED) is 0.923. The number of nitrogens with two attached hydrogens (primary N) is 1. The lowest BCUT2D eigenvalue weighted by atomic mass is 10.0. The van der Waals surface area contributed by atoms with E-state index in [1.54, 1.807) is 36.7 Å². The molecule has 1 aromatic carbocycles. The van der Waals surface area contributed by atoms with Gasteiger partial charge in [-0.05, 0) is 35.7 Å². The van der Waals surface area contributed by atoms with E-state index in [-0.39, 0.29) is 6.04 Å². The topological polar surface area (TPSA) is 73.0 Å². The van der Waals surface area contributed by atoms with Crippen LogP contribution in [0.3, 0.4) is 0 Å². The second-order valence-electron chi connectivity index (χ2n) is 4.51. The van der Waals surface area contributed by atoms with Crippen molar-refractivity contribution in [1.29, 1.82) is 0 Å². The van der Waals surface area contributed by atoms with Crippen LogP contribution in [0.2, 0.25) is 0 Å². The van der Waals surface area contributed by atoms with E-state index in [1.807, 2.05) is 12.1 Å². The van der Waals surface area contributed by atoms with Gasteiger partial charge in [0.25, 0.3) is 0 Å². The molecule has 0 bridgehead atoms. The van der Waals surface area contributed by atoms with Gasteiger partial charge in [-0.1, -0.05) is 18.2 Å². The van der Waals surface area contributed by atoms with Gasteiger partial charge in [0.05, 0.1) is 4.90 Å². The molecule has 0 saturated heterocycles. The molecule has 0 aliphatic carbocycles. The Morgan fingerprint density at radius 3 is 2.42 bits per heavy atom. The minimum atomic E-state index is -3.15. The third-order valence-corrected chi connectivity index (χ3v) is 4.04. The minimum absolute atomic E-state index is 0.169. The smallest absolute Gasteiger partial charge is 0.175 e. The van der Waals surface area contributed by atoms with Crippen LogP contribution >= 0.6 is 0 Å². The molecule has 0 aliphatic heterocycles. The Balaban J connectivity index is 2.14. The van der Waals surface area contributed by atoms with Crippen molar-refractivity contribution in [2.75, 3.05) is 6.26 Å². The van der Waals surface area contributed by atoms with E-state index in [0.29, 0.717) is 11.3 Å². The number of pyridine rings is 1. The molecule has 1 atom stereocenters. The maximum Gasteiger partial charge on any atom is 0.175 e. The van der Waals surface area contributed by atoms with Crippen molar-refractivity contribution >= 4 is 9.84 Å². The van der Waals surface area contributed by atoms with Crippen LogP contribution in [0.15, 0.2) is 53.7 Å². The van der Waals surface area contributed by atoms with Crippen LogP contribution in [-0.4, -0.2) is 19.7 Å². The zero-order chi connectivity index (χ0) is 13.9. The van der Waals surface area contributed by atoms with Crippen molar-refractivity contribution < 1.29 is 8.42 Å². The van der Waals surface area contributed by atoms with Crippen LogP contribution in [0.4, 0.5) is 0 Å². The summed E-state index contributed by atoms with van der Waals surface area (Å²) < 4.78 is 22.7. The summed E-state index contributed by atoms with van der Waals surface area (Å²) in [6.07, 6.45) is 5.37. The Bertz CT molecular complexity index is 637. The first-order chi connectivity index (χ1) is 8.97. The Hall–Kier alpha value is -1.72. The molecule has 5 heteroatoms. The Kier molecular flexibility index (Phi) is 3.97. The van der Waals surface area contributed by atoms with Gasteiger partial charge in [-0.2, -0.15) is 0 Å². The van der Waals surface area contributed by atoms with E-state index in [4.69, 9.17) is 5.73 Å². The molecule has 100 valence electrons. The van der Waals surface area contributed by atoms with E-state index in [0.717, 1.165) is 11.1 Å². The summed E-state index contributed by atoms with van der Waals surface area (Å²) in [5.74, 6) is 0. The van der Waals surface area contributed by atoms with Gasteiger partial charge in [0.2, 0.25) is 0 Å². The molecule has 2 aromatic rings. The van der Waals surface area contributed by atoms with Gasteiger partial charge in [0.15, 0.2) is 9.84 Å². The van der Waals surface area contributed by atoms with Crippen molar-refractivity contribution in [2.24, 2.45) is 5.73 Å². The highest BCUT2D eigenvalue weighted by atomic mass is 32.2. The summed E-state index contributed by atoms with van der Waals surface area (Å²) in [4.78, 5) is 4.35. The maximum absolute atomic E-state index is 11.4. The number of hydrogen-bond acceptors (Lipinski definition) is 4. The van der Waals surface area contributed by atoms with Crippen LogP contribution in [-0.2, 0) is 16.3 Å². The number of sulfone groups is 1. The van der Waals surface area contributed by atoms with Crippen molar-refractivity contribution in [3.8, 4) is 0 Å². The third-order valence-electron chi connectivity index (χ3n) is 2.91. The minimum Gasteiger partial charge on any atom is -0.324 e. The summed E-state index contributed by atoms with van der Waals surface area (Å²) in [5.41, 5.74) is 8.08. The Labute approximate surface area is 113 Å². The van der Waals surface area contributed by atoms with E-state index >= 15 is 0 Å². The zero-order valence-corrected chi connectivity index (χ0v) is 11.5. The maximum atomic E-state index is 11.4. The summed E-state index contributed by atoms with van der Waals surface area (Å²) in [6, 6.07) is 10.4. The van der Waals surface area contributed by atoms with Crippen LogP contribution < -0.4 is 5.73 Å². The summed E-state index contributed by atoms with van der Waals surface area (Å²) >= 11 is 0. The normalized spacial score (nSPS) is 13.2. The molecule has 0 fully saturated rings. The molecular formula is C14H16N2O2S. The molecule has 0 aliphatic rings. The van der Waals surface area contributed by atoms with Gasteiger partial charge >= 0.3 is 0 Å². The predicted octanol–water partition coefficient (Wildman–Crippen LogP) is 1.73. The highest BCUT2D eigenvalue weighted by Gasteiger charge is 2.10. The lowest BCUT2D eigenvalue weighted by Gasteiger charge is -2.12. The monoisotopic (exact) mass is 276 g/mol. The van der Waals surface area contributed by atoms with Crippen molar-refractivity contribution in [1.82, 2.24) is 4.98 Å². The highest BCUT2D eigenvalue weighted by molar-refractivity contribution is 7.90. The standard InChI is InChI=1S/C14H16N2O2S/c1-19(17,18)13-6-4-12(5-7-13)14(15)9-11-3-2-8-16-10-11/h2-8,10,14H,9,15H2,1H3. The zero-order valence-electron chi connectivity index (χ0n) is 10.7. The first-order valence-corrected chi connectivity index (χ1v) is 7.80. The lowest BCUT2D eigenvalue weighted by molar-refractivity contribution is 0.601. The molecule has 4 nitrogen and oxygen atoms in total. The molecule has 0 radical (unpaired) electrons. The number of nitrogens with zero attached hydrogens (tertiary/aromatic N) is 1. The summed E-state index contributed by atoms with van der Waals surface area (Å²) in [5, 5.41) is 0. The van der Waals surface area contributed by atoms with Gasteiger partial charge in [-0.25, -0.2) is 8.42 Å². The molecule has 1 heterocycles. The largest absolute Gasteiger partial charge is 0.324 e. The van der Waals surface area contributed by atoms with E-state index in [2.05, 4.69) is 4.98 Å². The van der Waals surface area contributed by atoms with Crippen LogP contribution in [0.25, 0.3) is 0 Å². The number of rotatable bonds is 4. The lowest BCUT2D eigenvalue weighted by Crippen LogP contribution is -2.13. The predicted molar refractivity (Wildman–Crippen MR) is 74.4 cm³/mol. The average Bonchev–Trinajstić information content (AvgIpc) is 2.39. The fraction of sp³-hybridized carbons (Fsp3) is 0.214. The summed E-state index contributed by atoms with van der Waals surface area (Å²) in [7, 11) is -3.15. The van der Waals surface area contributed by atoms with E-state index in [1.165, 1.54) is 6.26 Å². The molecule has 0 amide bonds. The van der Waals surface area contributed by atoms with Crippen LogP contribution in [0.5, 0.6) is 0 Å². The Morgan fingerprint density at radius 1 is 1.21 bits per heavy atom. The number of aromatic nitrogens is 1. The van der Waals surface area contributed by atoms with E-state index < -0.39 is 9.84 Å². The van der Waals surface area contributed by atoms with Crippen LogP contribution in [0, 0.1) is 0 Å². The highest BCUT2D eigenvalue weighted by Crippen LogP contribution is 2.18. The average molecular weight is 276 g/mol.